The van der Waals surface area contributed by atoms with Gasteiger partial charge >= 0.3 is 0 Å². The summed E-state index contributed by atoms with van der Waals surface area (Å²) in [5.74, 6) is 0. The van der Waals surface area contributed by atoms with E-state index >= 15 is 0 Å². The maximum Gasteiger partial charge on any atom is 0.00644 e. The van der Waals surface area contributed by atoms with E-state index in [9.17, 15) is 0 Å². The van der Waals surface area contributed by atoms with Crippen LogP contribution in [-0.4, -0.2) is 12.6 Å². The smallest absolute Gasteiger partial charge is 0.00644 e. The van der Waals surface area contributed by atoms with Gasteiger partial charge in [0.05, 0.1) is 0 Å². The highest BCUT2D eigenvalue weighted by atomic mass is 14.9. The van der Waals surface area contributed by atoms with Gasteiger partial charge in [0.15, 0.2) is 0 Å². The van der Waals surface area contributed by atoms with Gasteiger partial charge in [0.25, 0.3) is 0 Å². The predicted octanol–water partition coefficient (Wildman–Crippen LogP) is 3.34. The van der Waals surface area contributed by atoms with E-state index in [1.54, 1.807) is 0 Å². The third-order valence-corrected chi connectivity index (χ3v) is 2.36. The highest BCUT2D eigenvalue weighted by Crippen LogP contribution is 2.03. The molecule has 0 aliphatic heterocycles. The zero-order valence-corrected chi connectivity index (χ0v) is 9.03. The molecule has 74 valence electrons. The fraction of sp³-hybridized carbons (Fsp3) is 1.00. The van der Waals surface area contributed by atoms with Crippen LogP contribution in [0.3, 0.4) is 0 Å². The van der Waals surface area contributed by atoms with Crippen LogP contribution in [0.5, 0.6) is 0 Å². The van der Waals surface area contributed by atoms with E-state index in [4.69, 9.17) is 0 Å². The third kappa shape index (κ3) is 6.66. The highest BCUT2D eigenvalue weighted by Gasteiger charge is 2.02. The van der Waals surface area contributed by atoms with E-state index in [-0.39, 0.29) is 0 Å². The average Bonchev–Trinajstić information content (AvgIpc) is 2.11. The first kappa shape index (κ1) is 12.0. The van der Waals surface area contributed by atoms with E-state index in [1.807, 2.05) is 0 Å². The maximum absolute atomic E-state index is 3.61. The van der Waals surface area contributed by atoms with E-state index in [2.05, 4.69) is 26.1 Å². The van der Waals surface area contributed by atoms with Crippen molar-refractivity contribution in [1.82, 2.24) is 5.32 Å². The fourth-order valence-corrected chi connectivity index (χ4v) is 1.38. The zero-order valence-electron chi connectivity index (χ0n) is 9.03. The summed E-state index contributed by atoms with van der Waals surface area (Å²) in [5, 5.41) is 3.61. The number of unbranched alkanes of at least 4 members (excludes halogenated alkanes) is 2. The van der Waals surface area contributed by atoms with Crippen molar-refractivity contribution in [3.63, 3.8) is 0 Å². The van der Waals surface area contributed by atoms with Crippen LogP contribution in [0.1, 0.15) is 59.3 Å². The van der Waals surface area contributed by atoms with Gasteiger partial charge in [-0.15, -0.1) is 0 Å². The summed E-state index contributed by atoms with van der Waals surface area (Å²) in [7, 11) is 0. The summed E-state index contributed by atoms with van der Waals surface area (Å²) in [6.07, 6.45) is 7.96. The summed E-state index contributed by atoms with van der Waals surface area (Å²) in [4.78, 5) is 0. The molecule has 0 saturated heterocycles. The van der Waals surface area contributed by atoms with Crippen molar-refractivity contribution in [1.29, 1.82) is 0 Å². The van der Waals surface area contributed by atoms with E-state index in [0.717, 1.165) is 6.04 Å². The first-order valence-corrected chi connectivity index (χ1v) is 5.58. The summed E-state index contributed by atoms with van der Waals surface area (Å²) in [5.41, 5.74) is 0. The molecular weight excluding hydrogens is 146 g/mol. The fourth-order valence-electron chi connectivity index (χ4n) is 1.38. The number of nitrogens with one attached hydrogen (secondary N) is 1. The van der Waals surface area contributed by atoms with Crippen LogP contribution in [0.2, 0.25) is 0 Å². The Morgan fingerprint density at radius 3 is 2.17 bits per heavy atom. The van der Waals surface area contributed by atoms with E-state index in [0.29, 0.717) is 0 Å². The quantitative estimate of drug-likeness (QED) is 0.552. The molecule has 0 amide bonds. The largest absolute Gasteiger partial charge is 0.314 e. The molecule has 0 spiro atoms. The molecule has 0 saturated carbocycles. The summed E-state index contributed by atoms with van der Waals surface area (Å²) < 4.78 is 0. The van der Waals surface area contributed by atoms with Crippen molar-refractivity contribution in [3.8, 4) is 0 Å². The number of rotatable bonds is 8. The second-order valence-corrected chi connectivity index (χ2v) is 3.56. The molecule has 0 rings (SSSR count). The van der Waals surface area contributed by atoms with Crippen LogP contribution in [0, 0.1) is 0 Å². The van der Waals surface area contributed by atoms with E-state index in [1.165, 1.54) is 45.1 Å². The Morgan fingerprint density at radius 1 is 1.00 bits per heavy atom. The van der Waals surface area contributed by atoms with Gasteiger partial charge in [0.2, 0.25) is 0 Å². The Bertz CT molecular complexity index is 81.1. The molecular formula is C11H25N. The van der Waals surface area contributed by atoms with Gasteiger partial charge in [0.1, 0.15) is 0 Å². The highest BCUT2D eigenvalue weighted by molar-refractivity contribution is 4.63. The lowest BCUT2D eigenvalue weighted by atomic mass is 10.1. The van der Waals surface area contributed by atoms with Gasteiger partial charge in [-0.2, -0.15) is 0 Å². The van der Waals surface area contributed by atoms with Gasteiger partial charge in [-0.05, 0) is 25.8 Å². The molecule has 0 aromatic heterocycles. The van der Waals surface area contributed by atoms with Crippen LogP contribution < -0.4 is 5.32 Å². The van der Waals surface area contributed by atoms with Crippen molar-refractivity contribution in [3.05, 3.63) is 0 Å². The van der Waals surface area contributed by atoms with Crippen LogP contribution in [0.25, 0.3) is 0 Å². The van der Waals surface area contributed by atoms with Crippen molar-refractivity contribution in [2.45, 2.75) is 65.3 Å². The van der Waals surface area contributed by atoms with Crippen molar-refractivity contribution in [2.24, 2.45) is 0 Å². The molecule has 0 aromatic rings. The minimum atomic E-state index is 0.775. The summed E-state index contributed by atoms with van der Waals surface area (Å²) in [6.45, 7) is 7.99. The lowest BCUT2D eigenvalue weighted by molar-refractivity contribution is 0.448. The van der Waals surface area contributed by atoms with Gasteiger partial charge < -0.3 is 5.32 Å². The van der Waals surface area contributed by atoms with Crippen LogP contribution in [0.4, 0.5) is 0 Å². The Hall–Kier alpha value is -0.0400. The van der Waals surface area contributed by atoms with Gasteiger partial charge in [-0.1, -0.05) is 40.0 Å². The van der Waals surface area contributed by atoms with Crippen LogP contribution in [-0.2, 0) is 0 Å². The van der Waals surface area contributed by atoms with Gasteiger partial charge in [0, 0.05) is 6.04 Å². The molecule has 0 aliphatic rings. The van der Waals surface area contributed by atoms with Crippen LogP contribution in [0.15, 0.2) is 0 Å². The molecule has 0 radical (unpaired) electrons. The lowest BCUT2D eigenvalue weighted by Crippen LogP contribution is -2.29. The molecule has 0 aliphatic carbocycles. The molecule has 1 unspecified atom stereocenters. The Labute approximate surface area is 77.9 Å². The van der Waals surface area contributed by atoms with Crippen molar-refractivity contribution >= 4 is 0 Å². The molecule has 1 heteroatoms. The molecule has 0 heterocycles. The predicted molar refractivity (Wildman–Crippen MR) is 56.5 cm³/mol. The Kier molecular flexibility index (Phi) is 9.02. The second-order valence-electron chi connectivity index (χ2n) is 3.56. The van der Waals surface area contributed by atoms with Crippen LogP contribution >= 0.6 is 0 Å². The van der Waals surface area contributed by atoms with E-state index < -0.39 is 0 Å². The average molecular weight is 171 g/mol. The topological polar surface area (TPSA) is 12.0 Å². The number of hydrogen-bond donors (Lipinski definition) is 1. The standard InChI is InChI=1S/C11H25N/c1-4-7-9-11(6-3)12-10-8-5-2/h11-12H,4-10H2,1-3H3. The van der Waals surface area contributed by atoms with Crippen molar-refractivity contribution in [2.75, 3.05) is 6.54 Å². The van der Waals surface area contributed by atoms with Crippen molar-refractivity contribution < 1.29 is 0 Å². The minimum Gasteiger partial charge on any atom is -0.314 e. The minimum absolute atomic E-state index is 0.775. The molecule has 1 atom stereocenters. The summed E-state index contributed by atoms with van der Waals surface area (Å²) >= 11 is 0. The maximum atomic E-state index is 3.61. The Balaban J connectivity index is 3.26. The normalized spacial score (nSPS) is 13.2. The SMILES string of the molecule is CCCCNC(CC)CCCC. The first-order chi connectivity index (χ1) is 5.85. The Morgan fingerprint density at radius 2 is 1.67 bits per heavy atom. The number of hydrogen-bond acceptors (Lipinski definition) is 1. The summed E-state index contributed by atoms with van der Waals surface area (Å²) in [6, 6.07) is 0.775. The second kappa shape index (κ2) is 9.05. The molecule has 0 fully saturated rings. The zero-order chi connectivity index (χ0) is 9.23. The molecule has 1 N–H and O–H groups in total. The first-order valence-electron chi connectivity index (χ1n) is 5.58. The lowest BCUT2D eigenvalue weighted by Gasteiger charge is -2.15. The van der Waals surface area contributed by atoms with Gasteiger partial charge in [-0.3, -0.25) is 0 Å². The third-order valence-electron chi connectivity index (χ3n) is 2.36. The van der Waals surface area contributed by atoms with Gasteiger partial charge in [-0.25, -0.2) is 0 Å². The molecule has 12 heavy (non-hydrogen) atoms. The molecule has 0 bridgehead atoms. The molecule has 1 nitrogen and oxygen atoms in total. The monoisotopic (exact) mass is 171 g/mol. The molecule has 0 aromatic carbocycles.